The average Bonchev–Trinajstić information content (AvgIpc) is 2.66. The fourth-order valence-corrected chi connectivity index (χ4v) is 3.22. The van der Waals surface area contributed by atoms with Gasteiger partial charge in [0.2, 0.25) is 0 Å². The molecule has 0 unspecified atom stereocenters. The highest BCUT2D eigenvalue weighted by atomic mass is 35.5. The van der Waals surface area contributed by atoms with E-state index in [9.17, 15) is 9.59 Å². The average molecular weight is 464 g/mol. The second-order valence-corrected chi connectivity index (χ2v) is 7.82. The first-order valence-electron chi connectivity index (χ1n) is 8.50. The molecule has 0 heterocycles. The van der Waals surface area contributed by atoms with Gasteiger partial charge in [-0.25, -0.2) is 0 Å². The molecular weight excluding hydrogens is 442 g/mol. The van der Waals surface area contributed by atoms with Crippen molar-refractivity contribution in [1.82, 2.24) is 9.06 Å². The van der Waals surface area contributed by atoms with E-state index in [1.807, 2.05) is 19.1 Å². The van der Waals surface area contributed by atoms with E-state index in [0.717, 1.165) is 21.0 Å². The molecule has 0 aliphatic carbocycles. The van der Waals surface area contributed by atoms with Crippen molar-refractivity contribution in [2.24, 2.45) is 0 Å². The maximum atomic E-state index is 12.6. The number of aryl methyl sites for hydroxylation is 1. The van der Waals surface area contributed by atoms with Crippen molar-refractivity contribution in [1.29, 1.82) is 0 Å². The number of halogens is 4. The van der Waals surface area contributed by atoms with Crippen LogP contribution in [0.15, 0.2) is 48.5 Å². The summed E-state index contributed by atoms with van der Waals surface area (Å²) >= 11 is 18.6. The molecule has 0 saturated carbocycles. The Bertz CT molecular complexity index is 825. The molecule has 0 aliphatic rings. The van der Waals surface area contributed by atoms with Crippen LogP contribution in [-0.4, -0.2) is 26.3 Å². The van der Waals surface area contributed by atoms with E-state index < -0.39 is 11.4 Å². The summed E-state index contributed by atoms with van der Waals surface area (Å²) in [6, 6.07) is 13.9. The highest BCUT2D eigenvalue weighted by Gasteiger charge is 2.35. The summed E-state index contributed by atoms with van der Waals surface area (Å²) in [6.07, 6.45) is 0.892. The van der Waals surface area contributed by atoms with Crippen LogP contribution < -0.4 is 0 Å². The molecule has 4 nitrogen and oxygen atoms in total. The SMILES string of the molecule is CCc1ccc(C(=O)N(Cl)N(Cl)C(C)(C)CC(=O)c2ccccc2Cl)cc1.Cl. The zero-order valence-electron chi connectivity index (χ0n) is 15.8. The van der Waals surface area contributed by atoms with Crippen LogP contribution in [-0.2, 0) is 6.42 Å². The first kappa shape index (κ1) is 24.7. The van der Waals surface area contributed by atoms with Gasteiger partial charge >= 0.3 is 0 Å². The van der Waals surface area contributed by atoms with Gasteiger partial charge in [-0.05, 0) is 50.1 Å². The molecule has 2 rings (SSSR count). The number of benzene rings is 2. The summed E-state index contributed by atoms with van der Waals surface area (Å²) < 4.78 is 1.84. The van der Waals surface area contributed by atoms with Gasteiger partial charge in [0.1, 0.15) is 0 Å². The number of hydrogen-bond acceptors (Lipinski definition) is 3. The maximum Gasteiger partial charge on any atom is 0.284 e. The minimum Gasteiger partial charge on any atom is -0.294 e. The van der Waals surface area contributed by atoms with Crippen LogP contribution in [0.2, 0.25) is 5.02 Å². The molecule has 0 aliphatic heterocycles. The number of rotatable bonds is 7. The minimum absolute atomic E-state index is 0. The quantitative estimate of drug-likeness (QED) is 0.273. The summed E-state index contributed by atoms with van der Waals surface area (Å²) in [5.41, 5.74) is 0.987. The topological polar surface area (TPSA) is 40.6 Å². The van der Waals surface area contributed by atoms with E-state index in [1.54, 1.807) is 50.2 Å². The molecule has 0 spiro atoms. The van der Waals surface area contributed by atoms with Gasteiger partial charge in [0.05, 0.1) is 10.6 Å². The third kappa shape index (κ3) is 5.85. The van der Waals surface area contributed by atoms with E-state index in [1.165, 1.54) is 0 Å². The van der Waals surface area contributed by atoms with Crippen LogP contribution in [0.1, 0.15) is 53.5 Å². The Morgan fingerprint density at radius 3 is 2.11 bits per heavy atom. The number of hydrogen-bond donors (Lipinski definition) is 0. The van der Waals surface area contributed by atoms with Crippen LogP contribution in [0.25, 0.3) is 0 Å². The largest absolute Gasteiger partial charge is 0.294 e. The van der Waals surface area contributed by atoms with Crippen LogP contribution >= 0.6 is 47.6 Å². The fourth-order valence-electron chi connectivity index (χ4n) is 2.55. The molecule has 0 atom stereocenters. The van der Waals surface area contributed by atoms with Crippen LogP contribution in [0.4, 0.5) is 0 Å². The Labute approximate surface area is 187 Å². The first-order chi connectivity index (χ1) is 12.7. The van der Waals surface area contributed by atoms with Crippen molar-refractivity contribution in [3.05, 3.63) is 70.2 Å². The first-order valence-corrected chi connectivity index (χ1v) is 9.55. The molecule has 28 heavy (non-hydrogen) atoms. The molecule has 8 heteroatoms. The Balaban J connectivity index is 0.00000392. The van der Waals surface area contributed by atoms with E-state index in [0.29, 0.717) is 16.1 Å². The van der Waals surface area contributed by atoms with Crippen molar-refractivity contribution in [2.45, 2.75) is 39.2 Å². The maximum absolute atomic E-state index is 12.6. The van der Waals surface area contributed by atoms with Crippen molar-refractivity contribution >= 4 is 59.3 Å². The molecule has 0 radical (unpaired) electrons. The number of carbonyl (C=O) groups is 2. The Morgan fingerprint density at radius 2 is 1.57 bits per heavy atom. The summed E-state index contributed by atoms with van der Waals surface area (Å²) in [5, 5.41) is 0.370. The van der Waals surface area contributed by atoms with E-state index in [4.69, 9.17) is 35.2 Å². The molecule has 0 N–H and O–H groups in total. The Morgan fingerprint density at radius 1 is 1.00 bits per heavy atom. The number of ketones is 1. The van der Waals surface area contributed by atoms with Gasteiger partial charge < -0.3 is 0 Å². The van der Waals surface area contributed by atoms with E-state index in [-0.39, 0.29) is 24.6 Å². The molecule has 2 aromatic rings. The predicted molar refractivity (Wildman–Crippen MR) is 117 cm³/mol. The minimum atomic E-state index is -0.932. The molecule has 0 bridgehead atoms. The second kappa shape index (κ2) is 10.5. The molecular formula is C20H22Cl4N2O2. The van der Waals surface area contributed by atoms with Gasteiger partial charge in [0.15, 0.2) is 5.78 Å². The lowest BCUT2D eigenvalue weighted by molar-refractivity contribution is 0.0374. The molecule has 0 fully saturated rings. The fraction of sp³-hybridized carbons (Fsp3) is 0.300. The van der Waals surface area contributed by atoms with Gasteiger partial charge in [-0.2, -0.15) is 4.53 Å². The Hall–Kier alpha value is -1.30. The molecule has 2 aromatic carbocycles. The highest BCUT2D eigenvalue weighted by molar-refractivity contribution is 6.34. The summed E-state index contributed by atoms with van der Waals surface area (Å²) in [5.74, 6) is -0.673. The normalized spacial score (nSPS) is 11.1. The molecule has 0 aromatic heterocycles. The van der Waals surface area contributed by atoms with Crippen LogP contribution in [0.3, 0.4) is 0 Å². The van der Waals surface area contributed by atoms with Gasteiger partial charge in [-0.15, -0.1) is 16.9 Å². The predicted octanol–water partition coefficient (Wildman–Crippen LogP) is 6.34. The van der Waals surface area contributed by atoms with Gasteiger partial charge in [0, 0.05) is 41.1 Å². The number of hydrazine groups is 1. The number of carbonyl (C=O) groups excluding carboxylic acids is 2. The van der Waals surface area contributed by atoms with Crippen LogP contribution in [0.5, 0.6) is 0 Å². The van der Waals surface area contributed by atoms with Crippen molar-refractivity contribution < 1.29 is 9.59 Å². The van der Waals surface area contributed by atoms with Gasteiger partial charge in [0.25, 0.3) is 5.91 Å². The lowest BCUT2D eigenvalue weighted by Crippen LogP contribution is -2.48. The summed E-state index contributed by atoms with van der Waals surface area (Å²) in [7, 11) is 0. The third-order valence-corrected chi connectivity index (χ3v) is 5.52. The van der Waals surface area contributed by atoms with Gasteiger partial charge in [-0.3, -0.25) is 9.59 Å². The zero-order chi connectivity index (χ0) is 20.2. The smallest absolute Gasteiger partial charge is 0.284 e. The number of Topliss-reactive ketones (excluding diaryl/α,β-unsaturated/α-hetero) is 1. The highest BCUT2D eigenvalue weighted by Crippen LogP contribution is 2.29. The molecule has 0 saturated heterocycles. The molecule has 1 amide bonds. The van der Waals surface area contributed by atoms with E-state index >= 15 is 0 Å². The van der Waals surface area contributed by atoms with Crippen LogP contribution in [0, 0.1) is 0 Å². The third-order valence-electron chi connectivity index (χ3n) is 4.20. The van der Waals surface area contributed by atoms with E-state index in [2.05, 4.69) is 0 Å². The molecule has 152 valence electrons. The second-order valence-electron chi connectivity index (χ2n) is 6.77. The standard InChI is InChI=1S/C20H21Cl3N2O2.ClH/c1-4-14-9-11-15(12-10-14)19(27)24(22)25(23)20(2,3)13-18(26)16-7-5-6-8-17(16)21;/h5-12H,4,13H2,1-3H3;1H. The van der Waals surface area contributed by atoms with Crippen molar-refractivity contribution in [3.63, 3.8) is 0 Å². The lowest BCUT2D eigenvalue weighted by Gasteiger charge is -2.35. The van der Waals surface area contributed by atoms with Crippen molar-refractivity contribution in [3.8, 4) is 0 Å². The summed E-state index contributed by atoms with van der Waals surface area (Å²) in [4.78, 5) is 25.2. The Kier molecular flexibility index (Phi) is 9.25. The van der Waals surface area contributed by atoms with Crippen molar-refractivity contribution in [2.75, 3.05) is 0 Å². The van der Waals surface area contributed by atoms with Gasteiger partial charge in [-0.1, -0.05) is 42.8 Å². The number of nitrogens with zero attached hydrogens (tertiary/aromatic N) is 2. The monoisotopic (exact) mass is 462 g/mol. The number of amides is 1. The summed E-state index contributed by atoms with van der Waals surface area (Å²) in [6.45, 7) is 5.47. The zero-order valence-corrected chi connectivity index (χ0v) is 18.9. The lowest BCUT2D eigenvalue weighted by atomic mass is 9.95.